The van der Waals surface area contributed by atoms with Crippen LogP contribution in [0.5, 0.6) is 0 Å². The molecule has 0 unspecified atom stereocenters. The summed E-state index contributed by atoms with van der Waals surface area (Å²) in [6, 6.07) is 3.44. The van der Waals surface area contributed by atoms with Crippen LogP contribution in [0.4, 0.5) is 5.69 Å². The van der Waals surface area contributed by atoms with Crippen LogP contribution in [0.3, 0.4) is 0 Å². The highest BCUT2D eigenvalue weighted by Gasteiger charge is 2.01. The van der Waals surface area contributed by atoms with Crippen molar-refractivity contribution in [1.29, 1.82) is 0 Å². The third-order valence-corrected chi connectivity index (χ3v) is 2.59. The van der Waals surface area contributed by atoms with Crippen LogP contribution in [0.2, 0.25) is 5.02 Å². The number of aryl methyl sites for hydroxylation is 1. The molecule has 0 aliphatic carbocycles. The maximum absolute atomic E-state index is 8.21. The predicted molar refractivity (Wildman–Crippen MR) is 52.7 cm³/mol. The molecule has 3 nitrogen and oxygen atoms in total. The van der Waals surface area contributed by atoms with Crippen molar-refractivity contribution < 1.29 is 0 Å². The minimum absolute atomic E-state index is 0.544. The first-order valence-corrected chi connectivity index (χ1v) is 4.33. The number of hydrogen-bond acceptors (Lipinski definition) is 1. The molecule has 0 atom stereocenters. The molecule has 0 spiro atoms. The molecular weight excluding hydrogens is 241 g/mol. The lowest BCUT2D eigenvalue weighted by Gasteiger charge is -2.01. The van der Waals surface area contributed by atoms with E-state index in [0.717, 1.165) is 10.0 Å². The molecule has 0 saturated carbocycles. The van der Waals surface area contributed by atoms with Gasteiger partial charge in [-0.15, -0.1) is 0 Å². The first kappa shape index (κ1) is 9.39. The molecule has 1 aromatic carbocycles. The second kappa shape index (κ2) is 3.81. The van der Waals surface area contributed by atoms with Gasteiger partial charge in [0.2, 0.25) is 0 Å². The number of hydrogen-bond donors (Lipinski definition) is 0. The summed E-state index contributed by atoms with van der Waals surface area (Å²) in [5.74, 6) is 0. The van der Waals surface area contributed by atoms with Gasteiger partial charge in [-0.1, -0.05) is 16.7 Å². The van der Waals surface area contributed by atoms with E-state index in [9.17, 15) is 0 Å². The summed E-state index contributed by atoms with van der Waals surface area (Å²) in [5, 5.41) is 4.03. The lowest BCUT2D eigenvalue weighted by molar-refractivity contribution is 1.36. The summed E-state index contributed by atoms with van der Waals surface area (Å²) >= 11 is 9.06. The second-order valence-electron chi connectivity index (χ2n) is 2.24. The summed E-state index contributed by atoms with van der Waals surface area (Å²) in [6.45, 7) is 1.85. The lowest BCUT2D eigenvalue weighted by atomic mass is 10.2. The molecule has 0 amide bonds. The van der Waals surface area contributed by atoms with Crippen LogP contribution in [0, 0.1) is 6.92 Å². The van der Waals surface area contributed by atoms with Gasteiger partial charge in [0.25, 0.3) is 0 Å². The van der Waals surface area contributed by atoms with Crippen LogP contribution >= 0.6 is 27.5 Å². The van der Waals surface area contributed by atoms with Gasteiger partial charge < -0.3 is 0 Å². The Hall–Kier alpha value is -0.700. The zero-order valence-corrected chi connectivity index (χ0v) is 8.59. The molecule has 0 heterocycles. The van der Waals surface area contributed by atoms with Gasteiger partial charge in [-0.3, -0.25) is 0 Å². The number of azide groups is 1. The van der Waals surface area contributed by atoms with E-state index in [-0.39, 0.29) is 0 Å². The average Bonchev–Trinajstić information content (AvgIpc) is 2.01. The highest BCUT2D eigenvalue weighted by atomic mass is 79.9. The van der Waals surface area contributed by atoms with E-state index in [1.54, 1.807) is 6.07 Å². The molecule has 1 aromatic rings. The lowest BCUT2D eigenvalue weighted by Crippen LogP contribution is -1.75. The van der Waals surface area contributed by atoms with Gasteiger partial charge in [-0.2, -0.15) is 0 Å². The first-order chi connectivity index (χ1) is 5.65. The summed E-state index contributed by atoms with van der Waals surface area (Å²) in [7, 11) is 0. The maximum Gasteiger partial charge on any atom is 0.0552 e. The topological polar surface area (TPSA) is 48.8 Å². The normalized spacial score (nSPS) is 9.25. The van der Waals surface area contributed by atoms with Crippen molar-refractivity contribution in [3.63, 3.8) is 0 Å². The van der Waals surface area contributed by atoms with Crippen LogP contribution in [0.15, 0.2) is 21.7 Å². The van der Waals surface area contributed by atoms with Crippen LogP contribution in [-0.4, -0.2) is 0 Å². The van der Waals surface area contributed by atoms with E-state index in [0.29, 0.717) is 10.7 Å². The average molecular weight is 246 g/mol. The second-order valence-corrected chi connectivity index (χ2v) is 3.50. The fourth-order valence-corrected chi connectivity index (χ4v) is 1.41. The zero-order chi connectivity index (χ0) is 9.14. The Bertz CT molecular complexity index is 358. The summed E-state index contributed by atoms with van der Waals surface area (Å²) in [4.78, 5) is 2.69. The van der Waals surface area contributed by atoms with Gasteiger partial charge >= 0.3 is 0 Å². The van der Waals surface area contributed by atoms with Crippen LogP contribution in [-0.2, 0) is 0 Å². The van der Waals surface area contributed by atoms with E-state index in [1.165, 1.54) is 0 Å². The van der Waals surface area contributed by atoms with Crippen molar-refractivity contribution in [3.8, 4) is 0 Å². The van der Waals surface area contributed by atoms with E-state index < -0.39 is 0 Å². The molecule has 1 rings (SSSR count). The molecule has 12 heavy (non-hydrogen) atoms. The summed E-state index contributed by atoms with van der Waals surface area (Å²) in [6.07, 6.45) is 0. The van der Waals surface area contributed by atoms with E-state index >= 15 is 0 Å². The van der Waals surface area contributed by atoms with Gasteiger partial charge in [0.05, 0.1) is 5.02 Å². The molecule has 0 N–H and O–H groups in total. The quantitative estimate of drug-likeness (QED) is 0.402. The molecule has 0 aromatic heterocycles. The van der Waals surface area contributed by atoms with E-state index in [1.807, 2.05) is 13.0 Å². The van der Waals surface area contributed by atoms with Gasteiger partial charge in [0.15, 0.2) is 0 Å². The molecule has 0 saturated heterocycles. The van der Waals surface area contributed by atoms with Crippen molar-refractivity contribution in [3.05, 3.63) is 37.6 Å². The number of halogens is 2. The minimum atomic E-state index is 0.544. The smallest absolute Gasteiger partial charge is 0.0552 e. The SMILES string of the molecule is Cc1cc(Br)c(Cl)cc1N=[N+]=[N-]. The summed E-state index contributed by atoms with van der Waals surface area (Å²) < 4.78 is 0.804. The number of benzene rings is 1. The Morgan fingerprint density at radius 3 is 2.83 bits per heavy atom. The van der Waals surface area contributed by atoms with Gasteiger partial charge in [0.1, 0.15) is 0 Å². The van der Waals surface area contributed by atoms with E-state index in [2.05, 4.69) is 26.0 Å². The number of rotatable bonds is 1. The fraction of sp³-hybridized carbons (Fsp3) is 0.143. The monoisotopic (exact) mass is 245 g/mol. The van der Waals surface area contributed by atoms with Crippen molar-refractivity contribution in [2.24, 2.45) is 5.11 Å². The highest BCUT2D eigenvalue weighted by molar-refractivity contribution is 9.10. The summed E-state index contributed by atoms with van der Waals surface area (Å²) in [5.41, 5.74) is 9.66. The third kappa shape index (κ3) is 1.91. The minimum Gasteiger partial charge on any atom is -0.0831 e. The third-order valence-electron chi connectivity index (χ3n) is 1.39. The largest absolute Gasteiger partial charge is 0.0831 e. The highest BCUT2D eigenvalue weighted by Crippen LogP contribution is 2.30. The van der Waals surface area contributed by atoms with Crippen LogP contribution in [0.1, 0.15) is 5.56 Å². The molecule has 0 aliphatic rings. The van der Waals surface area contributed by atoms with Gasteiger partial charge in [0, 0.05) is 15.1 Å². The van der Waals surface area contributed by atoms with Crippen LogP contribution in [0.25, 0.3) is 10.4 Å². The standard InChI is InChI=1S/C7H5BrClN3/c1-4-2-5(8)6(9)3-7(4)11-12-10/h2-3H,1H3. The fourth-order valence-electron chi connectivity index (χ4n) is 0.792. The maximum atomic E-state index is 8.21. The van der Waals surface area contributed by atoms with Gasteiger partial charge in [-0.05, 0) is 46.1 Å². The zero-order valence-electron chi connectivity index (χ0n) is 6.25. The van der Waals surface area contributed by atoms with E-state index in [4.69, 9.17) is 17.1 Å². The molecule has 0 radical (unpaired) electrons. The Morgan fingerprint density at radius 1 is 1.58 bits per heavy atom. The van der Waals surface area contributed by atoms with Gasteiger partial charge in [-0.25, -0.2) is 0 Å². The number of nitrogens with zero attached hydrogens (tertiary/aromatic N) is 3. The molecule has 5 heteroatoms. The van der Waals surface area contributed by atoms with Crippen molar-refractivity contribution in [1.82, 2.24) is 0 Å². The Morgan fingerprint density at radius 2 is 2.25 bits per heavy atom. The van der Waals surface area contributed by atoms with Crippen molar-refractivity contribution in [2.45, 2.75) is 6.92 Å². The molecule has 0 fully saturated rings. The Balaban J connectivity index is 3.32. The molecule has 0 aliphatic heterocycles. The predicted octanol–water partition coefficient (Wildman–Crippen LogP) is 4.35. The molecular formula is C7H5BrClN3. The Labute approximate surface area is 83.1 Å². The molecule has 62 valence electrons. The van der Waals surface area contributed by atoms with Crippen molar-refractivity contribution in [2.75, 3.05) is 0 Å². The van der Waals surface area contributed by atoms with Crippen LogP contribution < -0.4 is 0 Å². The first-order valence-electron chi connectivity index (χ1n) is 3.16. The van der Waals surface area contributed by atoms with Crippen molar-refractivity contribution >= 4 is 33.2 Å². The molecule has 0 bridgehead atoms. The Kier molecular flexibility index (Phi) is 2.98.